The largest absolute Gasteiger partial charge is 0.596 e. The lowest BCUT2D eigenvalue weighted by Gasteiger charge is -1.96. The summed E-state index contributed by atoms with van der Waals surface area (Å²) in [5.41, 5.74) is 0.569. The smallest absolute Gasteiger partial charge is 0.218 e. The van der Waals surface area contributed by atoms with Crippen LogP contribution in [0.25, 0.3) is 5.65 Å². The van der Waals surface area contributed by atoms with E-state index < -0.39 is 0 Å². The Morgan fingerprint density at radius 3 is 3.09 bits per heavy atom. The van der Waals surface area contributed by atoms with E-state index in [-0.39, 0.29) is 0 Å². The highest BCUT2D eigenvalue weighted by molar-refractivity contribution is 5.32. The van der Waals surface area contributed by atoms with Crippen LogP contribution < -0.4 is 4.85 Å². The van der Waals surface area contributed by atoms with Gasteiger partial charge in [0.2, 0.25) is 11.8 Å². The average molecular weight is 150 g/mol. The first-order valence-corrected chi connectivity index (χ1v) is 3.19. The van der Waals surface area contributed by atoms with Crippen LogP contribution in [0.1, 0.15) is 5.82 Å². The number of aromatic nitrogens is 4. The molecule has 56 valence electrons. The van der Waals surface area contributed by atoms with Crippen molar-refractivity contribution in [3.8, 4) is 0 Å². The molecule has 0 aliphatic heterocycles. The van der Waals surface area contributed by atoms with Crippen LogP contribution in [-0.4, -0.2) is 14.7 Å². The summed E-state index contributed by atoms with van der Waals surface area (Å²) in [5, 5.41) is 18.6. The quantitative estimate of drug-likeness (QED) is 0.381. The molecule has 0 N–H and O–H groups in total. The molecule has 0 spiro atoms. The molecule has 0 aliphatic carbocycles. The van der Waals surface area contributed by atoms with Gasteiger partial charge in [-0.05, 0) is 6.07 Å². The van der Waals surface area contributed by atoms with Gasteiger partial charge in [-0.2, -0.15) is 0 Å². The summed E-state index contributed by atoms with van der Waals surface area (Å²) in [4.78, 5) is 0.699. The summed E-state index contributed by atoms with van der Waals surface area (Å²) >= 11 is 0. The molecule has 0 aromatic carbocycles. The summed E-state index contributed by atoms with van der Waals surface area (Å²) in [6.07, 6.45) is 1.41. The molecule has 0 radical (unpaired) electrons. The van der Waals surface area contributed by atoms with Gasteiger partial charge in [-0.1, -0.05) is 9.36 Å². The molecule has 0 saturated carbocycles. The van der Waals surface area contributed by atoms with Crippen molar-refractivity contribution in [1.29, 1.82) is 0 Å². The minimum Gasteiger partial charge on any atom is -0.596 e. The Balaban J connectivity index is 2.96. The van der Waals surface area contributed by atoms with Crippen LogP contribution in [0.15, 0.2) is 18.3 Å². The monoisotopic (exact) mass is 150 g/mol. The SMILES string of the molecule is Cc1nnc2ccc[n+]([O-])n12. The van der Waals surface area contributed by atoms with E-state index in [4.69, 9.17) is 0 Å². The van der Waals surface area contributed by atoms with Crippen LogP contribution in [-0.2, 0) is 0 Å². The van der Waals surface area contributed by atoms with E-state index in [1.807, 2.05) is 0 Å². The lowest BCUT2D eigenvalue weighted by Crippen LogP contribution is -2.35. The first-order chi connectivity index (χ1) is 5.29. The lowest BCUT2D eigenvalue weighted by molar-refractivity contribution is -0.681. The minimum atomic E-state index is 0.569. The zero-order valence-corrected chi connectivity index (χ0v) is 5.93. The molecule has 5 heteroatoms. The zero-order chi connectivity index (χ0) is 7.84. The predicted octanol–water partition coefficient (Wildman–Crippen LogP) is -0.329. The zero-order valence-electron chi connectivity index (χ0n) is 5.93. The summed E-state index contributed by atoms with van der Waals surface area (Å²) in [7, 11) is 0. The van der Waals surface area contributed by atoms with Gasteiger partial charge in [0.1, 0.15) is 0 Å². The maximum atomic E-state index is 11.1. The van der Waals surface area contributed by atoms with Crippen molar-refractivity contribution in [2.24, 2.45) is 0 Å². The van der Waals surface area contributed by atoms with Crippen molar-refractivity contribution >= 4 is 5.65 Å². The van der Waals surface area contributed by atoms with Gasteiger partial charge in [0, 0.05) is 13.0 Å². The molecule has 2 rings (SSSR count). The Bertz CT molecular complexity index is 394. The molecular formula is C6H6N4O. The molecule has 5 nitrogen and oxygen atoms in total. The standard InChI is InChI=1S/C6H6N4O/c1-5-7-8-6-3-2-4-9(11)10(5)6/h2-4H,1H3. The Morgan fingerprint density at radius 1 is 1.55 bits per heavy atom. The van der Waals surface area contributed by atoms with Gasteiger partial charge < -0.3 is 5.21 Å². The van der Waals surface area contributed by atoms with Gasteiger partial charge in [0.25, 0.3) is 0 Å². The van der Waals surface area contributed by atoms with E-state index in [0.717, 1.165) is 0 Å². The number of rotatable bonds is 0. The fourth-order valence-electron chi connectivity index (χ4n) is 0.991. The third kappa shape index (κ3) is 0.739. The molecule has 11 heavy (non-hydrogen) atoms. The van der Waals surface area contributed by atoms with Gasteiger partial charge in [0.05, 0.1) is 0 Å². The Labute approximate surface area is 62.5 Å². The van der Waals surface area contributed by atoms with Gasteiger partial charge >= 0.3 is 0 Å². The van der Waals surface area contributed by atoms with E-state index >= 15 is 0 Å². The Hall–Kier alpha value is -1.65. The molecule has 0 atom stereocenters. The molecular weight excluding hydrogens is 144 g/mol. The normalized spacial score (nSPS) is 10.6. The second-order valence-corrected chi connectivity index (χ2v) is 2.23. The van der Waals surface area contributed by atoms with Crippen LogP contribution in [0.3, 0.4) is 0 Å². The Morgan fingerprint density at radius 2 is 2.36 bits per heavy atom. The van der Waals surface area contributed by atoms with E-state index in [9.17, 15) is 5.21 Å². The van der Waals surface area contributed by atoms with Gasteiger partial charge in [-0.15, -0.1) is 10.2 Å². The third-order valence-corrected chi connectivity index (χ3v) is 1.48. The van der Waals surface area contributed by atoms with Gasteiger partial charge in [-0.25, -0.2) is 0 Å². The molecule has 0 fully saturated rings. The second kappa shape index (κ2) is 1.91. The molecule has 2 aromatic rings. The summed E-state index contributed by atoms with van der Waals surface area (Å²) in [6.45, 7) is 1.73. The second-order valence-electron chi connectivity index (χ2n) is 2.23. The van der Waals surface area contributed by atoms with Crippen LogP contribution in [0.5, 0.6) is 0 Å². The maximum Gasteiger partial charge on any atom is 0.218 e. The number of hydrogen-bond donors (Lipinski definition) is 0. The van der Waals surface area contributed by atoms with Crippen LogP contribution in [0.2, 0.25) is 0 Å². The van der Waals surface area contributed by atoms with E-state index in [1.54, 1.807) is 19.1 Å². The maximum absolute atomic E-state index is 11.1. The highest BCUT2D eigenvalue weighted by Gasteiger charge is 2.05. The molecule has 2 heterocycles. The van der Waals surface area contributed by atoms with Gasteiger partial charge in [0.15, 0.2) is 5.82 Å². The van der Waals surface area contributed by atoms with E-state index in [0.29, 0.717) is 16.3 Å². The highest BCUT2D eigenvalue weighted by Crippen LogP contribution is 1.95. The number of aryl methyl sites for hydroxylation is 1. The average Bonchev–Trinajstić information content (AvgIpc) is 2.34. The molecule has 0 aliphatic rings. The van der Waals surface area contributed by atoms with Crippen molar-refractivity contribution in [3.63, 3.8) is 0 Å². The first-order valence-electron chi connectivity index (χ1n) is 3.19. The molecule has 0 saturated heterocycles. The summed E-state index contributed by atoms with van der Waals surface area (Å²) in [5.74, 6) is 0.593. The Kier molecular flexibility index (Phi) is 1.06. The summed E-state index contributed by atoms with van der Waals surface area (Å²) < 4.78 is 1.39. The first kappa shape index (κ1) is 6.09. The van der Waals surface area contributed by atoms with Crippen molar-refractivity contribution < 1.29 is 4.85 Å². The predicted molar refractivity (Wildman–Crippen MR) is 36.7 cm³/mol. The van der Waals surface area contributed by atoms with Crippen LogP contribution in [0, 0.1) is 12.1 Å². The number of nitrogens with zero attached hydrogens (tertiary/aromatic N) is 4. The lowest BCUT2D eigenvalue weighted by atomic mass is 10.5. The number of hydrogen-bond acceptors (Lipinski definition) is 3. The van der Waals surface area contributed by atoms with Crippen LogP contribution in [0.4, 0.5) is 0 Å². The van der Waals surface area contributed by atoms with E-state index in [1.165, 1.54) is 10.7 Å². The summed E-state index contributed by atoms with van der Waals surface area (Å²) in [6, 6.07) is 3.37. The molecule has 0 bridgehead atoms. The third-order valence-electron chi connectivity index (χ3n) is 1.48. The molecule has 2 aromatic heterocycles. The van der Waals surface area contributed by atoms with Gasteiger partial charge in [-0.3, -0.25) is 0 Å². The molecule has 0 amide bonds. The fourth-order valence-corrected chi connectivity index (χ4v) is 0.991. The molecule has 0 unspecified atom stereocenters. The minimum absolute atomic E-state index is 0.569. The van der Waals surface area contributed by atoms with Crippen molar-refractivity contribution in [1.82, 2.24) is 14.7 Å². The fraction of sp³-hybridized carbons (Fsp3) is 0.167. The van der Waals surface area contributed by atoms with Crippen molar-refractivity contribution in [3.05, 3.63) is 29.4 Å². The highest BCUT2D eigenvalue weighted by atomic mass is 16.5. The topological polar surface area (TPSA) is 57.1 Å². The van der Waals surface area contributed by atoms with Crippen LogP contribution >= 0.6 is 0 Å². The van der Waals surface area contributed by atoms with Crippen molar-refractivity contribution in [2.45, 2.75) is 6.92 Å². The van der Waals surface area contributed by atoms with E-state index in [2.05, 4.69) is 10.2 Å². The van der Waals surface area contributed by atoms with Crippen molar-refractivity contribution in [2.75, 3.05) is 0 Å². The number of fused-ring (bicyclic) bond motifs is 1.